The smallest absolute Gasteiger partial charge is 0.260 e. The van der Waals surface area contributed by atoms with Gasteiger partial charge < -0.3 is 0 Å². The van der Waals surface area contributed by atoms with Crippen LogP contribution in [0.25, 0.3) is 0 Å². The summed E-state index contributed by atoms with van der Waals surface area (Å²) in [5.41, 5.74) is 0. The van der Waals surface area contributed by atoms with Gasteiger partial charge in [-0.3, -0.25) is 9.48 Å². The first-order valence-electron chi connectivity index (χ1n) is 6.39. The minimum absolute atomic E-state index is 0.781. The zero-order chi connectivity index (χ0) is 11.4. The third kappa shape index (κ3) is 2.98. The molecule has 0 radical (unpaired) electrons. The second-order valence-corrected chi connectivity index (χ2v) is 5.88. The normalized spacial score (nSPS) is 22.1. The standard InChI is InChI=1S/C12H20N2S2/c15-12(16)11(13-7-3-1-4-8-13)14-9-5-2-6-10-14/h1-10H2/p+1. The van der Waals surface area contributed by atoms with E-state index in [4.69, 9.17) is 12.2 Å². The molecule has 0 aromatic carbocycles. The van der Waals surface area contributed by atoms with Crippen molar-refractivity contribution in [3.63, 3.8) is 0 Å². The maximum atomic E-state index is 5.32. The number of amidine groups is 1. The molecule has 2 nitrogen and oxygen atoms in total. The van der Waals surface area contributed by atoms with Crippen LogP contribution < -0.4 is 0 Å². The van der Waals surface area contributed by atoms with Gasteiger partial charge >= 0.3 is 0 Å². The van der Waals surface area contributed by atoms with Crippen molar-refractivity contribution in [1.82, 2.24) is 4.90 Å². The van der Waals surface area contributed by atoms with Crippen molar-refractivity contribution in [2.24, 2.45) is 0 Å². The molecule has 2 fully saturated rings. The first-order chi connectivity index (χ1) is 7.79. The fourth-order valence-electron chi connectivity index (χ4n) is 2.68. The molecule has 2 saturated heterocycles. The third-order valence-electron chi connectivity index (χ3n) is 3.50. The van der Waals surface area contributed by atoms with Crippen molar-refractivity contribution in [2.75, 3.05) is 26.2 Å². The van der Waals surface area contributed by atoms with Crippen LogP contribution in [-0.4, -0.2) is 45.7 Å². The Morgan fingerprint density at radius 3 is 2.06 bits per heavy atom. The Labute approximate surface area is 109 Å². The van der Waals surface area contributed by atoms with Crippen molar-refractivity contribution < 1.29 is 4.58 Å². The molecule has 0 unspecified atom stereocenters. The molecule has 2 aliphatic rings. The minimum atomic E-state index is 0.781. The lowest BCUT2D eigenvalue weighted by molar-refractivity contribution is -0.540. The second-order valence-electron chi connectivity index (χ2n) is 4.72. The maximum Gasteiger partial charge on any atom is 0.296 e. The van der Waals surface area contributed by atoms with E-state index in [0.29, 0.717) is 0 Å². The van der Waals surface area contributed by atoms with Crippen molar-refractivity contribution in [3.05, 3.63) is 0 Å². The molecule has 2 aliphatic heterocycles. The van der Waals surface area contributed by atoms with E-state index in [1.54, 1.807) is 0 Å². The monoisotopic (exact) mass is 257 g/mol. The van der Waals surface area contributed by atoms with Gasteiger partial charge in [0.05, 0.1) is 26.2 Å². The molecule has 0 aromatic rings. The molecule has 0 aliphatic carbocycles. The van der Waals surface area contributed by atoms with Crippen LogP contribution >= 0.6 is 24.8 Å². The highest BCUT2D eigenvalue weighted by molar-refractivity contribution is 8.13. The topological polar surface area (TPSA) is 6.25 Å². The number of nitrogens with zero attached hydrogens (tertiary/aromatic N) is 2. The summed E-state index contributed by atoms with van der Waals surface area (Å²) >= 11 is 9.75. The van der Waals surface area contributed by atoms with Crippen LogP contribution in [0.15, 0.2) is 0 Å². The summed E-state index contributed by atoms with van der Waals surface area (Å²) in [6.07, 6.45) is 7.93. The highest BCUT2D eigenvalue weighted by Crippen LogP contribution is 2.13. The molecule has 0 N–H and O–H groups in total. The summed E-state index contributed by atoms with van der Waals surface area (Å²) in [5, 5.41) is 0. The summed E-state index contributed by atoms with van der Waals surface area (Å²) in [6.45, 7) is 4.64. The lowest BCUT2D eigenvalue weighted by Gasteiger charge is -2.26. The van der Waals surface area contributed by atoms with Crippen molar-refractivity contribution >= 4 is 34.9 Å². The van der Waals surface area contributed by atoms with Crippen LogP contribution in [0.2, 0.25) is 0 Å². The summed E-state index contributed by atoms with van der Waals surface area (Å²) in [7, 11) is 0. The average Bonchev–Trinajstić information content (AvgIpc) is 2.31. The number of likely N-dealkylation sites (tertiary alicyclic amines) is 1. The van der Waals surface area contributed by atoms with E-state index in [2.05, 4.69) is 22.1 Å². The fraction of sp³-hybridized carbons (Fsp3) is 0.833. The molecule has 0 atom stereocenters. The van der Waals surface area contributed by atoms with Gasteiger partial charge in [0.1, 0.15) is 0 Å². The molecule has 16 heavy (non-hydrogen) atoms. The minimum Gasteiger partial charge on any atom is -0.260 e. The Hall–Kier alpha value is -0.0900. The number of thiol groups is 1. The molecular formula is C12H21N2S2+. The zero-order valence-corrected chi connectivity index (χ0v) is 11.5. The van der Waals surface area contributed by atoms with Crippen molar-refractivity contribution in [3.8, 4) is 0 Å². The van der Waals surface area contributed by atoms with Crippen LogP contribution in [0.1, 0.15) is 38.5 Å². The Balaban J connectivity index is 2.17. The largest absolute Gasteiger partial charge is 0.296 e. The fourth-order valence-corrected chi connectivity index (χ4v) is 3.22. The molecule has 2 heterocycles. The van der Waals surface area contributed by atoms with Gasteiger partial charge in [-0.15, -0.1) is 12.6 Å². The lowest BCUT2D eigenvalue weighted by Crippen LogP contribution is -2.45. The van der Waals surface area contributed by atoms with Gasteiger partial charge in [-0.25, -0.2) is 0 Å². The SMILES string of the molecule is S=C(S)C(N1CCCCC1)=[N+]1CCCCC1. The van der Waals surface area contributed by atoms with Crippen LogP contribution in [0.3, 0.4) is 0 Å². The van der Waals surface area contributed by atoms with Gasteiger partial charge in [0.2, 0.25) is 0 Å². The molecule has 0 saturated carbocycles. The number of hydrogen-bond acceptors (Lipinski definition) is 1. The highest BCUT2D eigenvalue weighted by Gasteiger charge is 2.27. The molecular weight excluding hydrogens is 236 g/mol. The van der Waals surface area contributed by atoms with E-state index in [-0.39, 0.29) is 0 Å². The Morgan fingerprint density at radius 2 is 1.50 bits per heavy atom. The highest BCUT2D eigenvalue weighted by atomic mass is 32.1. The maximum absolute atomic E-state index is 5.32. The van der Waals surface area contributed by atoms with Gasteiger partial charge in [0.15, 0.2) is 4.20 Å². The van der Waals surface area contributed by atoms with Gasteiger partial charge in [-0.05, 0) is 38.5 Å². The average molecular weight is 257 g/mol. The molecule has 4 heteroatoms. The van der Waals surface area contributed by atoms with Crippen LogP contribution in [-0.2, 0) is 0 Å². The Morgan fingerprint density at radius 1 is 0.938 bits per heavy atom. The lowest BCUT2D eigenvalue weighted by atomic mass is 10.1. The number of rotatable bonds is 1. The van der Waals surface area contributed by atoms with Gasteiger partial charge in [0, 0.05) is 0 Å². The second kappa shape index (κ2) is 6.01. The number of hydrogen-bond donors (Lipinski definition) is 1. The van der Waals surface area contributed by atoms with Crippen LogP contribution in [0.5, 0.6) is 0 Å². The van der Waals surface area contributed by atoms with E-state index in [9.17, 15) is 0 Å². The van der Waals surface area contributed by atoms with E-state index >= 15 is 0 Å². The van der Waals surface area contributed by atoms with Crippen molar-refractivity contribution in [2.45, 2.75) is 38.5 Å². The molecule has 0 amide bonds. The molecule has 0 bridgehead atoms. The van der Waals surface area contributed by atoms with Gasteiger partial charge in [-0.1, -0.05) is 12.2 Å². The molecule has 0 spiro atoms. The van der Waals surface area contributed by atoms with Gasteiger partial charge in [0.25, 0.3) is 5.84 Å². The van der Waals surface area contributed by atoms with E-state index in [1.165, 1.54) is 44.4 Å². The first kappa shape index (κ1) is 12.4. The predicted octanol–water partition coefficient (Wildman–Crippen LogP) is 2.32. The summed E-state index contributed by atoms with van der Waals surface area (Å²) in [4.78, 5) is 2.45. The molecule has 90 valence electrons. The van der Waals surface area contributed by atoms with Crippen LogP contribution in [0, 0.1) is 0 Å². The van der Waals surface area contributed by atoms with Crippen LogP contribution in [0.4, 0.5) is 0 Å². The summed E-state index contributed by atoms with van der Waals surface area (Å²) in [5.74, 6) is 1.23. The van der Waals surface area contributed by atoms with E-state index in [0.717, 1.165) is 30.4 Å². The Bertz CT molecular complexity index is 285. The van der Waals surface area contributed by atoms with E-state index < -0.39 is 0 Å². The summed E-state index contributed by atoms with van der Waals surface area (Å²) in [6, 6.07) is 0. The summed E-state index contributed by atoms with van der Waals surface area (Å²) < 4.78 is 3.23. The third-order valence-corrected chi connectivity index (χ3v) is 3.89. The van der Waals surface area contributed by atoms with Gasteiger partial charge in [-0.2, -0.15) is 0 Å². The Kier molecular flexibility index (Phi) is 4.65. The number of thiocarbonyl (C=S) groups is 1. The predicted molar refractivity (Wildman–Crippen MR) is 75.9 cm³/mol. The molecule has 2 rings (SSSR count). The zero-order valence-electron chi connectivity index (χ0n) is 9.82. The first-order valence-corrected chi connectivity index (χ1v) is 7.25. The number of piperidine rings is 2. The molecule has 0 aromatic heterocycles. The quantitative estimate of drug-likeness (QED) is 0.333. The van der Waals surface area contributed by atoms with Crippen molar-refractivity contribution in [1.29, 1.82) is 0 Å². The van der Waals surface area contributed by atoms with E-state index in [1.807, 2.05) is 0 Å².